The van der Waals surface area contributed by atoms with Gasteiger partial charge in [0.05, 0.1) is 23.9 Å². The molecule has 0 fully saturated rings. The first-order valence-corrected chi connectivity index (χ1v) is 11.0. The van der Waals surface area contributed by atoms with Crippen LogP contribution in [0.4, 0.5) is 5.69 Å². The number of ether oxygens (including phenoxy) is 2. The fraction of sp³-hybridized carbons (Fsp3) is 0.320. The molecule has 1 aliphatic rings. The molecule has 1 N–H and O–H groups in total. The minimum absolute atomic E-state index is 0.412. The lowest BCUT2D eigenvalue weighted by Crippen LogP contribution is -2.24. The second-order valence-corrected chi connectivity index (χ2v) is 8.61. The molecule has 1 aliphatic carbocycles. The summed E-state index contributed by atoms with van der Waals surface area (Å²) in [7, 11) is 1.50. The maximum atomic E-state index is 13.1. The summed E-state index contributed by atoms with van der Waals surface area (Å²) in [6.07, 6.45) is 2.64. The second kappa shape index (κ2) is 9.17. The molecule has 0 radical (unpaired) electrons. The number of amides is 1. The third-order valence-corrected chi connectivity index (χ3v) is 6.21. The lowest BCUT2D eigenvalue weighted by Gasteiger charge is -2.24. The van der Waals surface area contributed by atoms with Gasteiger partial charge in [-0.25, -0.2) is 4.79 Å². The normalized spacial score (nSPS) is 15.2. The number of carbonyl (C=O) groups is 2. The number of benzene rings is 2. The van der Waals surface area contributed by atoms with E-state index in [0.29, 0.717) is 27.9 Å². The highest BCUT2D eigenvalue weighted by Gasteiger charge is 2.26. The Morgan fingerprint density at radius 3 is 2.81 bits per heavy atom. The molecule has 7 heteroatoms. The van der Waals surface area contributed by atoms with Crippen molar-refractivity contribution in [3.63, 3.8) is 0 Å². The molecular formula is C25H25ClN2O4. The van der Waals surface area contributed by atoms with Crippen molar-refractivity contribution in [2.24, 2.45) is 5.92 Å². The number of methoxy groups -OCH3 is 1. The highest BCUT2D eigenvalue weighted by atomic mass is 35.5. The predicted octanol–water partition coefficient (Wildman–Crippen LogP) is 5.13. The van der Waals surface area contributed by atoms with E-state index in [1.165, 1.54) is 7.11 Å². The van der Waals surface area contributed by atoms with Gasteiger partial charge in [0.15, 0.2) is 6.61 Å². The van der Waals surface area contributed by atoms with Crippen molar-refractivity contribution < 1.29 is 19.1 Å². The highest BCUT2D eigenvalue weighted by molar-refractivity contribution is 6.31. The van der Waals surface area contributed by atoms with E-state index in [1.807, 2.05) is 31.2 Å². The molecular weight excluding hydrogens is 428 g/mol. The minimum atomic E-state index is -0.511. The number of halogens is 1. The first-order chi connectivity index (χ1) is 15.4. The monoisotopic (exact) mass is 452 g/mol. The van der Waals surface area contributed by atoms with Gasteiger partial charge in [-0.3, -0.25) is 9.78 Å². The van der Waals surface area contributed by atoms with Crippen molar-refractivity contribution in [3.05, 3.63) is 63.8 Å². The predicted molar refractivity (Wildman–Crippen MR) is 125 cm³/mol. The van der Waals surface area contributed by atoms with Gasteiger partial charge in [0.2, 0.25) is 0 Å². The first-order valence-electron chi connectivity index (χ1n) is 10.6. The molecule has 0 saturated carbocycles. The van der Waals surface area contributed by atoms with Gasteiger partial charge in [-0.2, -0.15) is 0 Å². The van der Waals surface area contributed by atoms with Gasteiger partial charge in [-0.1, -0.05) is 36.7 Å². The average Bonchev–Trinajstić information content (AvgIpc) is 2.78. The number of nitrogens with zero attached hydrogens (tertiary/aromatic N) is 1. The Kier molecular flexibility index (Phi) is 6.33. The second-order valence-electron chi connectivity index (χ2n) is 8.20. The molecule has 1 amide bonds. The number of carbonyl (C=O) groups excluding carboxylic acids is 2. The van der Waals surface area contributed by atoms with Crippen molar-refractivity contribution in [2.45, 2.75) is 33.1 Å². The molecule has 1 unspecified atom stereocenters. The van der Waals surface area contributed by atoms with E-state index in [1.54, 1.807) is 12.1 Å². The van der Waals surface area contributed by atoms with Gasteiger partial charge in [0, 0.05) is 22.2 Å². The fourth-order valence-electron chi connectivity index (χ4n) is 4.12. The summed E-state index contributed by atoms with van der Waals surface area (Å²) in [6.45, 7) is 3.59. The number of hydrogen-bond donors (Lipinski definition) is 1. The minimum Gasteiger partial charge on any atom is -0.495 e. The number of hydrogen-bond acceptors (Lipinski definition) is 5. The molecule has 1 aromatic heterocycles. The molecule has 0 saturated heterocycles. The Labute approximate surface area is 191 Å². The third kappa shape index (κ3) is 4.41. The summed E-state index contributed by atoms with van der Waals surface area (Å²) in [5, 5.41) is 4.02. The number of pyridine rings is 1. The molecule has 166 valence electrons. The quantitative estimate of drug-likeness (QED) is 0.543. The van der Waals surface area contributed by atoms with Gasteiger partial charge >= 0.3 is 5.97 Å². The molecule has 3 aromatic rings. The first kappa shape index (κ1) is 22.1. The number of esters is 1. The van der Waals surface area contributed by atoms with E-state index in [9.17, 15) is 9.59 Å². The molecule has 2 aromatic carbocycles. The van der Waals surface area contributed by atoms with Crippen molar-refractivity contribution in [1.29, 1.82) is 0 Å². The summed E-state index contributed by atoms with van der Waals surface area (Å²) in [5.41, 5.74) is 4.42. The molecule has 32 heavy (non-hydrogen) atoms. The molecule has 4 rings (SSSR count). The number of aryl methyl sites for hydroxylation is 2. The molecule has 0 aliphatic heterocycles. The van der Waals surface area contributed by atoms with Crippen LogP contribution < -0.4 is 10.1 Å². The molecule has 6 nitrogen and oxygen atoms in total. The van der Waals surface area contributed by atoms with E-state index in [0.717, 1.165) is 47.0 Å². The Hall–Kier alpha value is -3.12. The summed E-state index contributed by atoms with van der Waals surface area (Å²) >= 11 is 6.12. The summed E-state index contributed by atoms with van der Waals surface area (Å²) in [4.78, 5) is 30.4. The number of fused-ring (bicyclic) bond motifs is 2. The van der Waals surface area contributed by atoms with Crippen molar-refractivity contribution in [3.8, 4) is 5.75 Å². The maximum absolute atomic E-state index is 13.1. The number of aromatic nitrogens is 1. The van der Waals surface area contributed by atoms with Crippen LogP contribution in [-0.4, -0.2) is 30.6 Å². The molecule has 0 bridgehead atoms. The Morgan fingerprint density at radius 2 is 2.03 bits per heavy atom. The molecule has 1 atom stereocenters. The number of nitrogens with one attached hydrogen (secondary N) is 1. The van der Waals surface area contributed by atoms with Crippen molar-refractivity contribution >= 4 is 40.1 Å². The zero-order chi connectivity index (χ0) is 22.8. The van der Waals surface area contributed by atoms with Crippen molar-refractivity contribution in [1.82, 2.24) is 4.98 Å². The average molecular weight is 453 g/mol. The molecule has 1 heterocycles. The maximum Gasteiger partial charge on any atom is 0.339 e. The van der Waals surface area contributed by atoms with Crippen LogP contribution in [0.3, 0.4) is 0 Å². The number of para-hydroxylation sites is 1. The van der Waals surface area contributed by atoms with Gasteiger partial charge < -0.3 is 14.8 Å². The van der Waals surface area contributed by atoms with E-state index < -0.39 is 18.5 Å². The standard InChI is InChI=1S/C25H25ClN2O4/c1-14-8-9-20-17(10-14)24(16-6-4-5-7-19(16)27-20)25(30)32-13-23(29)28-21-11-15(2)18(26)12-22(21)31-3/h4-7,11-12,14H,8-10,13H2,1-3H3,(H,28,29). The fourth-order valence-corrected chi connectivity index (χ4v) is 4.27. The van der Waals surface area contributed by atoms with E-state index >= 15 is 0 Å². The van der Waals surface area contributed by atoms with Gasteiger partial charge in [0.25, 0.3) is 5.91 Å². The summed E-state index contributed by atoms with van der Waals surface area (Å²) in [6, 6.07) is 10.9. The van der Waals surface area contributed by atoms with Crippen LogP contribution in [0.1, 0.15) is 40.5 Å². The van der Waals surface area contributed by atoms with Gasteiger partial charge in [-0.15, -0.1) is 0 Å². The highest BCUT2D eigenvalue weighted by Crippen LogP contribution is 2.33. The lowest BCUT2D eigenvalue weighted by molar-refractivity contribution is -0.119. The van der Waals surface area contributed by atoms with Crippen LogP contribution in [0.2, 0.25) is 5.02 Å². The Balaban J connectivity index is 1.56. The molecule has 0 spiro atoms. The van der Waals surface area contributed by atoms with Crippen LogP contribution in [0.5, 0.6) is 5.75 Å². The SMILES string of the molecule is COc1cc(Cl)c(C)cc1NC(=O)COC(=O)c1c2c(nc3ccccc13)CCC(C)C2. The lowest BCUT2D eigenvalue weighted by atomic mass is 9.84. The van der Waals surface area contributed by atoms with Crippen LogP contribution in [0.15, 0.2) is 36.4 Å². The Bertz CT molecular complexity index is 1210. The third-order valence-electron chi connectivity index (χ3n) is 5.80. The van der Waals surface area contributed by atoms with Crippen LogP contribution in [0.25, 0.3) is 10.9 Å². The number of anilines is 1. The summed E-state index contributed by atoms with van der Waals surface area (Å²) in [5.74, 6) is -0.0771. The smallest absolute Gasteiger partial charge is 0.339 e. The van der Waals surface area contributed by atoms with Crippen LogP contribution in [-0.2, 0) is 22.4 Å². The summed E-state index contributed by atoms with van der Waals surface area (Å²) < 4.78 is 10.7. The largest absolute Gasteiger partial charge is 0.495 e. The van der Waals surface area contributed by atoms with Crippen molar-refractivity contribution in [2.75, 3.05) is 19.0 Å². The topological polar surface area (TPSA) is 77.5 Å². The van der Waals surface area contributed by atoms with E-state index in [2.05, 4.69) is 12.2 Å². The van der Waals surface area contributed by atoms with Gasteiger partial charge in [-0.05, 0) is 55.4 Å². The number of rotatable bonds is 5. The Morgan fingerprint density at radius 1 is 1.25 bits per heavy atom. The van der Waals surface area contributed by atoms with E-state index in [-0.39, 0.29) is 0 Å². The van der Waals surface area contributed by atoms with Crippen LogP contribution >= 0.6 is 11.6 Å². The van der Waals surface area contributed by atoms with Crippen LogP contribution in [0, 0.1) is 12.8 Å². The zero-order valence-corrected chi connectivity index (χ0v) is 19.1. The van der Waals surface area contributed by atoms with E-state index in [4.69, 9.17) is 26.1 Å². The van der Waals surface area contributed by atoms with Gasteiger partial charge in [0.1, 0.15) is 5.75 Å². The zero-order valence-electron chi connectivity index (χ0n) is 18.3.